The molecule has 0 bridgehead atoms. The number of hydrogen-bond acceptors (Lipinski definition) is 5. The van der Waals surface area contributed by atoms with Gasteiger partial charge in [0, 0.05) is 26.7 Å². The molecule has 0 unspecified atom stereocenters. The number of anilines is 2. The molecule has 0 spiro atoms. The van der Waals surface area contributed by atoms with Crippen LogP contribution in [0.1, 0.15) is 12.8 Å². The SMILES string of the molecule is CNc1cncc(N2CCC(CN(C)C)CC2)n1. The molecule has 100 valence electrons. The van der Waals surface area contributed by atoms with E-state index in [2.05, 4.69) is 39.2 Å². The first kappa shape index (κ1) is 13.1. The summed E-state index contributed by atoms with van der Waals surface area (Å²) in [5.41, 5.74) is 0. The predicted octanol–water partition coefficient (Wildman–Crippen LogP) is 1.30. The summed E-state index contributed by atoms with van der Waals surface area (Å²) in [6.07, 6.45) is 6.09. The fourth-order valence-corrected chi connectivity index (χ4v) is 2.49. The molecule has 2 rings (SSSR count). The second kappa shape index (κ2) is 6.00. The monoisotopic (exact) mass is 249 g/mol. The molecule has 5 heteroatoms. The van der Waals surface area contributed by atoms with Crippen LogP contribution in [0.5, 0.6) is 0 Å². The Labute approximate surface area is 109 Å². The van der Waals surface area contributed by atoms with Gasteiger partial charge in [0.25, 0.3) is 0 Å². The maximum atomic E-state index is 4.54. The Balaban J connectivity index is 1.92. The van der Waals surface area contributed by atoms with Crippen LogP contribution in [0.15, 0.2) is 12.4 Å². The van der Waals surface area contributed by atoms with Gasteiger partial charge in [0.2, 0.25) is 0 Å². The van der Waals surface area contributed by atoms with Crippen molar-refractivity contribution in [2.45, 2.75) is 12.8 Å². The molecule has 1 N–H and O–H groups in total. The van der Waals surface area contributed by atoms with Crippen molar-refractivity contribution in [2.75, 3.05) is 51.0 Å². The first-order chi connectivity index (χ1) is 8.69. The molecule has 0 radical (unpaired) electrons. The van der Waals surface area contributed by atoms with Gasteiger partial charge in [0.15, 0.2) is 0 Å². The van der Waals surface area contributed by atoms with Gasteiger partial charge in [-0.3, -0.25) is 4.98 Å². The molecule has 1 aromatic heterocycles. The lowest BCUT2D eigenvalue weighted by Gasteiger charge is -2.33. The number of aromatic nitrogens is 2. The van der Waals surface area contributed by atoms with Crippen molar-refractivity contribution < 1.29 is 0 Å². The van der Waals surface area contributed by atoms with E-state index < -0.39 is 0 Å². The van der Waals surface area contributed by atoms with Crippen molar-refractivity contribution in [3.05, 3.63) is 12.4 Å². The highest BCUT2D eigenvalue weighted by Gasteiger charge is 2.20. The zero-order valence-corrected chi connectivity index (χ0v) is 11.6. The number of rotatable bonds is 4. The van der Waals surface area contributed by atoms with Crippen molar-refractivity contribution in [1.82, 2.24) is 14.9 Å². The molecule has 18 heavy (non-hydrogen) atoms. The molecule has 1 fully saturated rings. The summed E-state index contributed by atoms with van der Waals surface area (Å²) in [5.74, 6) is 2.64. The Morgan fingerprint density at radius 2 is 2.06 bits per heavy atom. The second-order valence-corrected chi connectivity index (χ2v) is 5.21. The fraction of sp³-hybridized carbons (Fsp3) is 0.692. The number of piperidine rings is 1. The lowest BCUT2D eigenvalue weighted by atomic mass is 9.96. The van der Waals surface area contributed by atoms with Crippen molar-refractivity contribution in [2.24, 2.45) is 5.92 Å². The van der Waals surface area contributed by atoms with Gasteiger partial charge >= 0.3 is 0 Å². The third-order valence-electron chi connectivity index (χ3n) is 3.44. The summed E-state index contributed by atoms with van der Waals surface area (Å²) in [7, 11) is 6.17. The van der Waals surface area contributed by atoms with Crippen LogP contribution >= 0.6 is 0 Å². The average Bonchev–Trinajstić information content (AvgIpc) is 2.39. The standard InChI is InChI=1S/C13H23N5/c1-14-12-8-15-9-13(16-12)18-6-4-11(5-7-18)10-17(2)3/h8-9,11H,4-7,10H2,1-3H3,(H,14,16). The second-order valence-electron chi connectivity index (χ2n) is 5.21. The van der Waals surface area contributed by atoms with E-state index in [4.69, 9.17) is 0 Å². The predicted molar refractivity (Wildman–Crippen MR) is 75.1 cm³/mol. The summed E-state index contributed by atoms with van der Waals surface area (Å²) in [4.78, 5) is 13.4. The van der Waals surface area contributed by atoms with E-state index in [0.717, 1.165) is 30.6 Å². The summed E-state index contributed by atoms with van der Waals surface area (Å²) in [6.45, 7) is 3.36. The highest BCUT2D eigenvalue weighted by molar-refractivity contribution is 5.43. The maximum Gasteiger partial charge on any atom is 0.149 e. The van der Waals surface area contributed by atoms with Gasteiger partial charge < -0.3 is 15.1 Å². The van der Waals surface area contributed by atoms with E-state index in [9.17, 15) is 0 Å². The van der Waals surface area contributed by atoms with Crippen LogP contribution in [0, 0.1) is 5.92 Å². The zero-order valence-electron chi connectivity index (χ0n) is 11.6. The molecule has 0 saturated carbocycles. The van der Waals surface area contributed by atoms with Crippen LogP contribution in [0.3, 0.4) is 0 Å². The van der Waals surface area contributed by atoms with Crippen LogP contribution in [0.4, 0.5) is 11.6 Å². The number of nitrogens with one attached hydrogen (secondary N) is 1. The molecule has 0 aromatic carbocycles. The van der Waals surface area contributed by atoms with E-state index in [0.29, 0.717) is 0 Å². The largest absolute Gasteiger partial charge is 0.372 e. The van der Waals surface area contributed by atoms with Gasteiger partial charge in [0.1, 0.15) is 11.6 Å². The number of hydrogen-bond donors (Lipinski definition) is 1. The van der Waals surface area contributed by atoms with Crippen molar-refractivity contribution >= 4 is 11.6 Å². The molecule has 1 aliphatic heterocycles. The minimum absolute atomic E-state index is 0.816. The van der Waals surface area contributed by atoms with Gasteiger partial charge in [0.05, 0.1) is 12.4 Å². The van der Waals surface area contributed by atoms with Gasteiger partial charge in [-0.05, 0) is 32.9 Å². The summed E-state index contributed by atoms with van der Waals surface area (Å²) >= 11 is 0. The molecule has 0 amide bonds. The third-order valence-corrected chi connectivity index (χ3v) is 3.44. The van der Waals surface area contributed by atoms with E-state index in [1.165, 1.54) is 19.4 Å². The number of nitrogens with zero attached hydrogens (tertiary/aromatic N) is 4. The Morgan fingerprint density at radius 3 is 2.67 bits per heavy atom. The van der Waals surface area contributed by atoms with Crippen LogP contribution < -0.4 is 10.2 Å². The van der Waals surface area contributed by atoms with Crippen molar-refractivity contribution in [3.8, 4) is 0 Å². The Kier molecular flexibility index (Phi) is 4.36. The molecule has 0 aliphatic carbocycles. The van der Waals surface area contributed by atoms with Crippen LogP contribution in [0.25, 0.3) is 0 Å². The minimum Gasteiger partial charge on any atom is -0.372 e. The lowest BCUT2D eigenvalue weighted by Crippen LogP contribution is -2.37. The average molecular weight is 249 g/mol. The summed E-state index contributed by atoms with van der Waals surface area (Å²) < 4.78 is 0. The van der Waals surface area contributed by atoms with Crippen LogP contribution in [0.2, 0.25) is 0 Å². The summed E-state index contributed by atoms with van der Waals surface area (Å²) in [6, 6.07) is 0. The smallest absolute Gasteiger partial charge is 0.149 e. The van der Waals surface area contributed by atoms with Gasteiger partial charge in [-0.1, -0.05) is 0 Å². The molecule has 1 aromatic rings. The Hall–Kier alpha value is -1.36. The summed E-state index contributed by atoms with van der Waals surface area (Å²) in [5, 5.41) is 3.03. The molecule has 5 nitrogen and oxygen atoms in total. The van der Waals surface area contributed by atoms with E-state index in [-0.39, 0.29) is 0 Å². The van der Waals surface area contributed by atoms with E-state index in [1.54, 1.807) is 6.20 Å². The zero-order chi connectivity index (χ0) is 13.0. The highest BCUT2D eigenvalue weighted by atomic mass is 15.2. The minimum atomic E-state index is 0.816. The highest BCUT2D eigenvalue weighted by Crippen LogP contribution is 2.22. The first-order valence-corrected chi connectivity index (χ1v) is 6.58. The van der Waals surface area contributed by atoms with Crippen molar-refractivity contribution in [3.63, 3.8) is 0 Å². The molecule has 2 heterocycles. The normalized spacial score (nSPS) is 17.2. The topological polar surface area (TPSA) is 44.3 Å². The molecular weight excluding hydrogens is 226 g/mol. The lowest BCUT2D eigenvalue weighted by molar-refractivity contribution is 0.284. The molecular formula is C13H23N5. The van der Waals surface area contributed by atoms with Gasteiger partial charge in [-0.2, -0.15) is 0 Å². The van der Waals surface area contributed by atoms with E-state index in [1.807, 2.05) is 13.2 Å². The Morgan fingerprint density at radius 1 is 1.33 bits per heavy atom. The van der Waals surface area contributed by atoms with Crippen molar-refractivity contribution in [1.29, 1.82) is 0 Å². The van der Waals surface area contributed by atoms with Gasteiger partial charge in [-0.15, -0.1) is 0 Å². The fourth-order valence-electron chi connectivity index (χ4n) is 2.49. The van der Waals surface area contributed by atoms with Gasteiger partial charge in [-0.25, -0.2) is 4.98 Å². The molecule has 1 saturated heterocycles. The van der Waals surface area contributed by atoms with Crippen LogP contribution in [-0.2, 0) is 0 Å². The first-order valence-electron chi connectivity index (χ1n) is 6.58. The molecule has 0 atom stereocenters. The maximum absolute atomic E-state index is 4.54. The quantitative estimate of drug-likeness (QED) is 0.871. The van der Waals surface area contributed by atoms with E-state index >= 15 is 0 Å². The van der Waals surface area contributed by atoms with Crippen LogP contribution in [-0.4, -0.2) is 55.6 Å². The molecule has 1 aliphatic rings. The Bertz CT molecular complexity index is 371. The third kappa shape index (κ3) is 3.32.